The lowest BCUT2D eigenvalue weighted by molar-refractivity contribution is -0.174. The lowest BCUT2D eigenvalue weighted by Crippen LogP contribution is -2.63. The summed E-state index contributed by atoms with van der Waals surface area (Å²) in [5.74, 6) is -2.79. The van der Waals surface area contributed by atoms with Gasteiger partial charge in [0.15, 0.2) is 6.29 Å². The van der Waals surface area contributed by atoms with Crippen LogP contribution in [0.25, 0.3) is 0 Å². The smallest absolute Gasteiger partial charge is 0.471 e. The van der Waals surface area contributed by atoms with Crippen molar-refractivity contribution in [1.82, 2.24) is 4.98 Å². The first-order valence-electron chi connectivity index (χ1n) is 17.4. The number of rotatable bonds is 9. The highest BCUT2D eigenvalue weighted by atomic mass is 35.5. The Kier molecular flexibility index (Phi) is 10.2. The minimum Gasteiger partial charge on any atom is -0.493 e. The van der Waals surface area contributed by atoms with Crippen LogP contribution in [0.15, 0.2) is 48.7 Å². The average Bonchev–Trinajstić information content (AvgIpc) is 3.37. The van der Waals surface area contributed by atoms with Crippen LogP contribution in [0.4, 0.5) is 23.2 Å². The van der Waals surface area contributed by atoms with Crippen molar-refractivity contribution in [3.63, 3.8) is 0 Å². The van der Waals surface area contributed by atoms with Crippen LogP contribution in [-0.4, -0.2) is 48.6 Å². The summed E-state index contributed by atoms with van der Waals surface area (Å²) in [5, 5.41) is 0.0888. The van der Waals surface area contributed by atoms with E-state index in [9.17, 15) is 31.9 Å². The Morgan fingerprint density at radius 2 is 1.88 bits per heavy atom. The van der Waals surface area contributed by atoms with Gasteiger partial charge in [-0.1, -0.05) is 31.5 Å². The summed E-state index contributed by atoms with van der Waals surface area (Å²) in [7, 11) is 1.08. The van der Waals surface area contributed by atoms with Crippen LogP contribution in [0.5, 0.6) is 5.75 Å². The summed E-state index contributed by atoms with van der Waals surface area (Å²) >= 11 is 6.17. The summed E-state index contributed by atoms with van der Waals surface area (Å²) in [5.41, 5.74) is 0.638. The number of carbonyl (C=O) groups excluding carboxylic acids is 3. The van der Waals surface area contributed by atoms with Crippen LogP contribution >= 0.6 is 11.6 Å². The van der Waals surface area contributed by atoms with Gasteiger partial charge in [0, 0.05) is 28.2 Å². The SMILES string of the molecule is COC(=O)C1(N(C(=O)C(F)(F)F)c2cccc(Cl)c2)CCC2(CC1)c1cc(C=O)c(F)cc1C[C@@H]2C[C@@H](C)COc1ccnc2c1[C@H](C)CCC2. The van der Waals surface area contributed by atoms with E-state index in [4.69, 9.17) is 21.1 Å². The third-order valence-corrected chi connectivity index (χ3v) is 11.6. The molecule has 1 amide bonds. The van der Waals surface area contributed by atoms with Crippen molar-refractivity contribution in [2.75, 3.05) is 18.6 Å². The molecule has 1 aromatic heterocycles. The molecule has 0 radical (unpaired) electrons. The van der Waals surface area contributed by atoms with Crippen LogP contribution < -0.4 is 9.64 Å². The van der Waals surface area contributed by atoms with Crippen molar-refractivity contribution >= 4 is 35.5 Å². The topological polar surface area (TPSA) is 85.8 Å². The van der Waals surface area contributed by atoms with E-state index in [1.165, 1.54) is 30.3 Å². The number of esters is 1. The molecule has 6 rings (SSSR count). The van der Waals surface area contributed by atoms with Crippen LogP contribution in [0, 0.1) is 17.7 Å². The number of hydrogen-bond acceptors (Lipinski definition) is 6. The van der Waals surface area contributed by atoms with Gasteiger partial charge in [-0.3, -0.25) is 19.5 Å². The Hall–Kier alpha value is -3.99. The maximum atomic E-state index is 15.0. The summed E-state index contributed by atoms with van der Waals surface area (Å²) in [4.78, 5) is 43.8. The number of aromatic nitrogens is 1. The van der Waals surface area contributed by atoms with Gasteiger partial charge in [-0.15, -0.1) is 0 Å². The number of anilines is 1. The number of benzene rings is 2. The number of ether oxygens (including phenoxy) is 2. The Bertz CT molecular complexity index is 1820. The van der Waals surface area contributed by atoms with Crippen molar-refractivity contribution in [2.24, 2.45) is 11.8 Å². The number of methoxy groups -OCH3 is 1. The summed E-state index contributed by atoms with van der Waals surface area (Å²) < 4.78 is 69.3. The molecular formula is C39H41ClF4N2O5. The molecule has 51 heavy (non-hydrogen) atoms. The molecule has 0 aliphatic heterocycles. The first-order valence-corrected chi connectivity index (χ1v) is 17.8. The normalized spacial score (nSPS) is 24.7. The summed E-state index contributed by atoms with van der Waals surface area (Å²) in [6.45, 7) is 4.64. The van der Waals surface area contributed by atoms with E-state index in [1.807, 2.05) is 6.07 Å². The van der Waals surface area contributed by atoms with Crippen molar-refractivity contribution in [3.05, 3.63) is 87.4 Å². The molecule has 3 aliphatic rings. The zero-order chi connectivity index (χ0) is 36.7. The van der Waals surface area contributed by atoms with Gasteiger partial charge in [0.2, 0.25) is 0 Å². The molecule has 0 bridgehead atoms. The second-order valence-corrected chi connectivity index (χ2v) is 14.9. The highest BCUT2D eigenvalue weighted by Crippen LogP contribution is 2.57. The number of fused-ring (bicyclic) bond motifs is 3. The van der Waals surface area contributed by atoms with Gasteiger partial charge >= 0.3 is 18.1 Å². The monoisotopic (exact) mass is 728 g/mol. The first kappa shape index (κ1) is 36.8. The van der Waals surface area contributed by atoms with E-state index >= 15 is 0 Å². The molecule has 1 spiro atoms. The molecule has 12 heteroatoms. The Labute approximate surface area is 299 Å². The van der Waals surface area contributed by atoms with E-state index in [-0.39, 0.29) is 53.8 Å². The van der Waals surface area contributed by atoms with Crippen molar-refractivity contribution < 1.29 is 41.4 Å². The zero-order valence-electron chi connectivity index (χ0n) is 28.8. The molecule has 1 heterocycles. The molecule has 1 fully saturated rings. The standard InChI is InChI=1S/C39H41ClF4N2O5/c1-23(22-51-33-10-15-45-32-9-4-6-24(2)34(32)33)16-27-17-25-19-31(41)26(21-47)18-30(25)37(27)11-13-38(14-12-37,36(49)50-3)46(35(48)39(42,43)44)29-8-5-7-28(40)20-29/h5,7-8,10,15,18-21,23-24,27H,4,6,9,11-14,16-17,22H2,1-3H3/t23-,24-,27+,37?,38?/m1/s1. The minimum atomic E-state index is -5.31. The maximum Gasteiger partial charge on any atom is 0.471 e. The fraction of sp³-hybridized carbons (Fsp3) is 0.487. The van der Waals surface area contributed by atoms with Crippen molar-refractivity contribution in [1.29, 1.82) is 0 Å². The number of halogens is 5. The van der Waals surface area contributed by atoms with Gasteiger partial charge in [-0.25, -0.2) is 9.18 Å². The number of hydrogen-bond donors (Lipinski definition) is 0. The number of alkyl halides is 3. The minimum absolute atomic E-state index is 0.0151. The first-order chi connectivity index (χ1) is 24.2. The number of carbonyl (C=O) groups is 3. The van der Waals surface area contributed by atoms with E-state index in [1.54, 1.807) is 12.3 Å². The van der Waals surface area contributed by atoms with Gasteiger partial charge in [-0.05, 0) is 128 Å². The predicted octanol–water partition coefficient (Wildman–Crippen LogP) is 8.72. The molecule has 0 unspecified atom stereocenters. The van der Waals surface area contributed by atoms with Gasteiger partial charge < -0.3 is 9.47 Å². The molecule has 0 N–H and O–H groups in total. The van der Waals surface area contributed by atoms with Crippen LogP contribution in [0.1, 0.15) is 97.5 Å². The Morgan fingerprint density at radius 1 is 1.14 bits per heavy atom. The molecule has 1 saturated carbocycles. The van der Waals surface area contributed by atoms with Crippen LogP contribution in [-0.2, 0) is 32.6 Å². The van der Waals surface area contributed by atoms with E-state index in [0.29, 0.717) is 36.6 Å². The van der Waals surface area contributed by atoms with Gasteiger partial charge in [-0.2, -0.15) is 13.2 Å². The van der Waals surface area contributed by atoms with E-state index in [0.717, 1.165) is 54.5 Å². The van der Waals surface area contributed by atoms with E-state index < -0.39 is 34.8 Å². The number of aryl methyl sites for hydroxylation is 1. The number of pyridine rings is 1. The van der Waals surface area contributed by atoms with Gasteiger partial charge in [0.1, 0.15) is 17.1 Å². The lowest BCUT2D eigenvalue weighted by Gasteiger charge is -2.51. The number of aldehydes is 1. The Balaban J connectivity index is 1.34. The zero-order valence-corrected chi connectivity index (χ0v) is 29.6. The fourth-order valence-corrected chi connectivity index (χ4v) is 9.18. The quantitative estimate of drug-likeness (QED) is 0.125. The molecule has 0 saturated heterocycles. The third-order valence-electron chi connectivity index (χ3n) is 11.4. The highest BCUT2D eigenvalue weighted by Gasteiger charge is 2.60. The molecule has 7 nitrogen and oxygen atoms in total. The fourth-order valence-electron chi connectivity index (χ4n) is 9.00. The summed E-state index contributed by atoms with van der Waals surface area (Å²) in [6.07, 6.45) is 1.06. The number of nitrogens with zero attached hydrogens (tertiary/aromatic N) is 2. The van der Waals surface area contributed by atoms with Gasteiger partial charge in [0.05, 0.1) is 19.3 Å². The van der Waals surface area contributed by atoms with Crippen molar-refractivity contribution in [2.45, 2.75) is 94.7 Å². The Morgan fingerprint density at radius 3 is 2.55 bits per heavy atom. The van der Waals surface area contributed by atoms with Crippen LogP contribution in [0.3, 0.4) is 0 Å². The molecular weight excluding hydrogens is 688 g/mol. The highest BCUT2D eigenvalue weighted by molar-refractivity contribution is 6.31. The van der Waals surface area contributed by atoms with E-state index in [2.05, 4.69) is 18.8 Å². The number of amides is 1. The van der Waals surface area contributed by atoms with Crippen molar-refractivity contribution in [3.8, 4) is 5.75 Å². The average molecular weight is 729 g/mol. The third kappa shape index (κ3) is 6.74. The second-order valence-electron chi connectivity index (χ2n) is 14.5. The lowest BCUT2D eigenvalue weighted by atomic mass is 9.59. The summed E-state index contributed by atoms with van der Waals surface area (Å²) in [6, 6.07) is 10.2. The van der Waals surface area contributed by atoms with Crippen LogP contribution in [0.2, 0.25) is 5.02 Å². The predicted molar refractivity (Wildman–Crippen MR) is 184 cm³/mol. The molecule has 2 aromatic carbocycles. The second kappa shape index (κ2) is 14.2. The molecule has 3 atom stereocenters. The largest absolute Gasteiger partial charge is 0.493 e. The maximum absolute atomic E-state index is 15.0. The molecule has 272 valence electrons. The molecule has 3 aliphatic carbocycles. The molecule has 3 aromatic rings. The van der Waals surface area contributed by atoms with Gasteiger partial charge in [0.25, 0.3) is 0 Å².